The summed E-state index contributed by atoms with van der Waals surface area (Å²) in [5.74, 6) is 1.93. The first-order valence-corrected chi connectivity index (χ1v) is 3.03. The SMILES string of the molecule is CPC=CN. The zero-order valence-corrected chi connectivity index (χ0v) is 4.23. The molecule has 0 aliphatic heterocycles. The van der Waals surface area contributed by atoms with E-state index in [1.54, 1.807) is 6.20 Å². The molecule has 0 aromatic rings. The van der Waals surface area contributed by atoms with E-state index in [9.17, 15) is 0 Å². The van der Waals surface area contributed by atoms with E-state index in [1.165, 1.54) is 0 Å². The average molecular weight is 89.1 g/mol. The quantitative estimate of drug-likeness (QED) is 0.471. The highest BCUT2D eigenvalue weighted by molar-refractivity contribution is 7.40. The molecule has 0 aliphatic rings. The summed E-state index contributed by atoms with van der Waals surface area (Å²) in [6.45, 7) is 2.07. The van der Waals surface area contributed by atoms with Gasteiger partial charge in [0, 0.05) is 0 Å². The molecule has 0 spiro atoms. The molecule has 2 heteroatoms. The van der Waals surface area contributed by atoms with E-state index in [0.717, 1.165) is 8.58 Å². The molecule has 1 nitrogen and oxygen atoms in total. The van der Waals surface area contributed by atoms with Crippen LogP contribution in [0.5, 0.6) is 0 Å². The van der Waals surface area contributed by atoms with Gasteiger partial charge in [-0.3, -0.25) is 0 Å². The standard InChI is InChI=1S/C3H8NP/c1-5-3-2-4/h2-3,5H,4H2,1H3. The summed E-state index contributed by atoms with van der Waals surface area (Å²) in [5.41, 5.74) is 4.97. The van der Waals surface area contributed by atoms with Gasteiger partial charge in [-0.15, -0.1) is 8.58 Å². The molecule has 0 bridgehead atoms. The van der Waals surface area contributed by atoms with Crippen LogP contribution in [0.2, 0.25) is 0 Å². The highest BCUT2D eigenvalue weighted by Gasteiger charge is 1.51. The Bertz CT molecular complexity index is 33.9. The molecule has 0 saturated carbocycles. The molecule has 0 aliphatic carbocycles. The minimum Gasteiger partial charge on any atom is -0.405 e. The van der Waals surface area contributed by atoms with Crippen molar-refractivity contribution in [3.63, 3.8) is 0 Å². The van der Waals surface area contributed by atoms with Crippen molar-refractivity contribution in [2.45, 2.75) is 0 Å². The third kappa shape index (κ3) is 3.97. The summed E-state index contributed by atoms with van der Waals surface area (Å²) < 4.78 is 0. The first-order valence-electron chi connectivity index (χ1n) is 1.46. The van der Waals surface area contributed by atoms with E-state index in [4.69, 9.17) is 5.73 Å². The van der Waals surface area contributed by atoms with Crippen LogP contribution in [0.25, 0.3) is 0 Å². The summed E-state index contributed by atoms with van der Waals surface area (Å²) in [7, 11) is 0.852. The van der Waals surface area contributed by atoms with Crippen LogP contribution in [0.1, 0.15) is 0 Å². The maximum Gasteiger partial charge on any atom is -0.00602 e. The highest BCUT2D eigenvalue weighted by atomic mass is 31.1. The molecular weight excluding hydrogens is 81.0 g/mol. The zero-order chi connectivity index (χ0) is 4.12. The Morgan fingerprint density at radius 2 is 2.40 bits per heavy atom. The Kier molecular flexibility index (Phi) is 3.95. The van der Waals surface area contributed by atoms with Crippen LogP contribution in [-0.4, -0.2) is 6.66 Å². The molecule has 0 fully saturated rings. The fourth-order valence-corrected chi connectivity index (χ4v) is 0.289. The van der Waals surface area contributed by atoms with E-state index in [-0.39, 0.29) is 0 Å². The van der Waals surface area contributed by atoms with Gasteiger partial charge >= 0.3 is 0 Å². The van der Waals surface area contributed by atoms with Crippen molar-refractivity contribution in [3.05, 3.63) is 12.0 Å². The molecule has 0 heterocycles. The lowest BCUT2D eigenvalue weighted by Crippen LogP contribution is -1.70. The predicted octanol–water partition coefficient (Wildman–Crippen LogP) is 0.725. The molecule has 1 atom stereocenters. The lowest BCUT2D eigenvalue weighted by molar-refractivity contribution is 1.63. The molecule has 30 valence electrons. The predicted molar refractivity (Wildman–Crippen MR) is 27.6 cm³/mol. The van der Waals surface area contributed by atoms with Crippen molar-refractivity contribution in [1.82, 2.24) is 0 Å². The van der Waals surface area contributed by atoms with Crippen LogP contribution < -0.4 is 5.73 Å². The molecule has 2 N–H and O–H groups in total. The molecule has 1 unspecified atom stereocenters. The van der Waals surface area contributed by atoms with Crippen molar-refractivity contribution in [2.24, 2.45) is 5.73 Å². The van der Waals surface area contributed by atoms with Crippen LogP contribution in [0.4, 0.5) is 0 Å². The normalized spacial score (nSPS) is 12.2. The van der Waals surface area contributed by atoms with Gasteiger partial charge in [-0.1, -0.05) is 0 Å². The number of hydrogen-bond acceptors (Lipinski definition) is 1. The van der Waals surface area contributed by atoms with Crippen molar-refractivity contribution >= 4 is 8.58 Å². The number of nitrogens with two attached hydrogens (primary N) is 1. The first-order chi connectivity index (χ1) is 2.41. The van der Waals surface area contributed by atoms with Gasteiger partial charge in [0.25, 0.3) is 0 Å². The van der Waals surface area contributed by atoms with Crippen molar-refractivity contribution < 1.29 is 0 Å². The Labute approximate surface area is 34.0 Å². The molecule has 0 amide bonds. The van der Waals surface area contributed by atoms with Crippen molar-refractivity contribution in [2.75, 3.05) is 6.66 Å². The lowest BCUT2D eigenvalue weighted by atomic mass is 11.1. The second kappa shape index (κ2) is 3.97. The first kappa shape index (κ1) is 4.97. The van der Waals surface area contributed by atoms with Gasteiger partial charge in [0.2, 0.25) is 0 Å². The van der Waals surface area contributed by atoms with Gasteiger partial charge in [0.15, 0.2) is 0 Å². The summed E-state index contributed by atoms with van der Waals surface area (Å²) in [6.07, 6.45) is 1.57. The second-order valence-corrected chi connectivity index (χ2v) is 1.56. The summed E-state index contributed by atoms with van der Waals surface area (Å²) in [6, 6.07) is 0. The fourth-order valence-electron chi connectivity index (χ4n) is 0.0962. The summed E-state index contributed by atoms with van der Waals surface area (Å²) in [4.78, 5) is 0. The molecule has 5 heavy (non-hydrogen) atoms. The van der Waals surface area contributed by atoms with Crippen molar-refractivity contribution in [1.29, 1.82) is 0 Å². The Hall–Kier alpha value is -0.0300. The van der Waals surface area contributed by atoms with Crippen molar-refractivity contribution in [3.8, 4) is 0 Å². The second-order valence-electron chi connectivity index (χ2n) is 0.648. The van der Waals surface area contributed by atoms with Gasteiger partial charge in [-0.2, -0.15) is 0 Å². The van der Waals surface area contributed by atoms with Gasteiger partial charge < -0.3 is 5.73 Å². The molecule has 0 saturated heterocycles. The Morgan fingerprint density at radius 1 is 1.80 bits per heavy atom. The smallest absolute Gasteiger partial charge is 0.00602 e. The van der Waals surface area contributed by atoms with Crippen LogP contribution in [0.15, 0.2) is 12.0 Å². The monoisotopic (exact) mass is 89.0 g/mol. The number of rotatable bonds is 1. The van der Waals surface area contributed by atoms with E-state index in [0.29, 0.717) is 0 Å². The Balaban J connectivity index is 2.62. The topological polar surface area (TPSA) is 26.0 Å². The summed E-state index contributed by atoms with van der Waals surface area (Å²) in [5, 5.41) is 0. The maximum absolute atomic E-state index is 4.97. The van der Waals surface area contributed by atoms with Gasteiger partial charge in [0.05, 0.1) is 0 Å². The molecule has 0 radical (unpaired) electrons. The third-order valence-corrected chi connectivity index (χ3v) is 0.789. The fraction of sp³-hybridized carbons (Fsp3) is 0.333. The van der Waals surface area contributed by atoms with Gasteiger partial charge in [-0.05, 0) is 18.7 Å². The molecule has 0 aromatic carbocycles. The van der Waals surface area contributed by atoms with E-state index in [2.05, 4.69) is 6.66 Å². The summed E-state index contributed by atoms with van der Waals surface area (Å²) >= 11 is 0. The maximum atomic E-state index is 4.97. The molecule has 0 aromatic heterocycles. The number of hydrogen-bond donors (Lipinski definition) is 1. The molecule has 0 rings (SSSR count). The zero-order valence-electron chi connectivity index (χ0n) is 3.23. The van der Waals surface area contributed by atoms with E-state index >= 15 is 0 Å². The molecular formula is C3H8NP. The largest absolute Gasteiger partial charge is 0.405 e. The minimum absolute atomic E-state index is 0.852. The minimum atomic E-state index is 0.852. The Morgan fingerprint density at radius 3 is 2.40 bits per heavy atom. The lowest BCUT2D eigenvalue weighted by Gasteiger charge is -1.67. The van der Waals surface area contributed by atoms with Gasteiger partial charge in [0.1, 0.15) is 0 Å². The van der Waals surface area contributed by atoms with Gasteiger partial charge in [-0.25, -0.2) is 0 Å². The van der Waals surface area contributed by atoms with Crippen LogP contribution in [0, 0.1) is 0 Å². The van der Waals surface area contributed by atoms with Crippen LogP contribution in [-0.2, 0) is 0 Å². The van der Waals surface area contributed by atoms with Crippen LogP contribution in [0.3, 0.4) is 0 Å². The average Bonchev–Trinajstić information content (AvgIpc) is 1.41. The third-order valence-electron chi connectivity index (χ3n) is 0.263. The van der Waals surface area contributed by atoms with E-state index in [1.807, 2.05) is 5.82 Å². The van der Waals surface area contributed by atoms with Crippen LogP contribution >= 0.6 is 8.58 Å². The van der Waals surface area contributed by atoms with E-state index < -0.39 is 0 Å². The highest BCUT2D eigenvalue weighted by Crippen LogP contribution is 1.99.